The summed E-state index contributed by atoms with van der Waals surface area (Å²) in [6.07, 6.45) is 3.43. The van der Waals surface area contributed by atoms with Gasteiger partial charge in [0.1, 0.15) is 0 Å². The first kappa shape index (κ1) is 16.0. The highest BCUT2D eigenvalue weighted by Gasteiger charge is 2.30. The van der Waals surface area contributed by atoms with Crippen molar-refractivity contribution < 1.29 is 14.3 Å². The normalized spacial score (nSPS) is 24.2. The smallest absolute Gasteiger partial charge is 0.229 e. The van der Waals surface area contributed by atoms with Crippen LogP contribution in [0.1, 0.15) is 45.1 Å². The van der Waals surface area contributed by atoms with E-state index in [1.807, 2.05) is 24.3 Å². The molecule has 1 aromatic rings. The molecule has 3 rings (SSSR count). The molecule has 0 spiro atoms. The van der Waals surface area contributed by atoms with Gasteiger partial charge in [-0.3, -0.25) is 14.5 Å². The average Bonchev–Trinajstić information content (AvgIpc) is 2.78. The fourth-order valence-corrected chi connectivity index (χ4v) is 3.10. The van der Waals surface area contributed by atoms with Crippen LogP contribution in [0.3, 0.4) is 0 Å². The topological polar surface area (TPSA) is 58.6 Å². The second kappa shape index (κ2) is 6.71. The number of nitrogens with zero attached hydrogens (tertiary/aromatic N) is 1. The summed E-state index contributed by atoms with van der Waals surface area (Å²) in [7, 11) is 0. The number of hydrogen-bond acceptors (Lipinski definition) is 4. The second-order valence-corrected chi connectivity index (χ2v) is 6.69. The molecular weight excluding hydrogens is 292 g/mol. The third-order valence-electron chi connectivity index (χ3n) is 4.38. The van der Waals surface area contributed by atoms with E-state index in [9.17, 15) is 9.59 Å². The molecule has 23 heavy (non-hydrogen) atoms. The Morgan fingerprint density at radius 2 is 1.74 bits per heavy atom. The molecule has 1 aromatic carbocycles. The number of carbonyl (C=O) groups is 2. The summed E-state index contributed by atoms with van der Waals surface area (Å²) in [5.41, 5.74) is 2.05. The lowest BCUT2D eigenvalue weighted by Crippen LogP contribution is -2.41. The fourth-order valence-electron chi connectivity index (χ4n) is 3.10. The molecule has 5 heteroatoms. The molecule has 0 radical (unpaired) electrons. The molecule has 1 aliphatic heterocycles. The summed E-state index contributed by atoms with van der Waals surface area (Å²) in [4.78, 5) is 24.6. The number of amides is 2. The van der Waals surface area contributed by atoms with Gasteiger partial charge in [-0.2, -0.15) is 0 Å². The SMILES string of the molecule is CC(C)OC1CC(Nc2ccc(CN3C(=O)CCC3=O)cc2)C1. The van der Waals surface area contributed by atoms with Crippen LogP contribution < -0.4 is 5.32 Å². The molecule has 1 N–H and O–H groups in total. The van der Waals surface area contributed by atoms with Crippen molar-refractivity contribution in [1.29, 1.82) is 0 Å². The van der Waals surface area contributed by atoms with Crippen LogP contribution in [0, 0.1) is 0 Å². The maximum atomic E-state index is 11.6. The van der Waals surface area contributed by atoms with Gasteiger partial charge in [0.25, 0.3) is 0 Å². The number of ether oxygens (including phenoxy) is 1. The van der Waals surface area contributed by atoms with Crippen LogP contribution in [0.4, 0.5) is 5.69 Å². The van der Waals surface area contributed by atoms with Crippen molar-refractivity contribution in [3.63, 3.8) is 0 Å². The number of likely N-dealkylation sites (tertiary alicyclic amines) is 1. The molecule has 124 valence electrons. The number of rotatable bonds is 6. The van der Waals surface area contributed by atoms with Crippen LogP contribution in [0.2, 0.25) is 0 Å². The molecule has 1 saturated heterocycles. The first-order valence-corrected chi connectivity index (χ1v) is 8.35. The van der Waals surface area contributed by atoms with E-state index in [2.05, 4.69) is 19.2 Å². The van der Waals surface area contributed by atoms with Crippen molar-refractivity contribution >= 4 is 17.5 Å². The Morgan fingerprint density at radius 1 is 1.13 bits per heavy atom. The number of carbonyl (C=O) groups excluding carboxylic acids is 2. The Morgan fingerprint density at radius 3 is 2.30 bits per heavy atom. The quantitative estimate of drug-likeness (QED) is 0.820. The molecule has 1 saturated carbocycles. The van der Waals surface area contributed by atoms with Crippen LogP contribution in [-0.4, -0.2) is 35.0 Å². The van der Waals surface area contributed by atoms with E-state index >= 15 is 0 Å². The van der Waals surface area contributed by atoms with Gasteiger partial charge in [0.05, 0.1) is 18.8 Å². The van der Waals surface area contributed by atoms with Crippen molar-refractivity contribution in [1.82, 2.24) is 4.90 Å². The summed E-state index contributed by atoms with van der Waals surface area (Å²) < 4.78 is 5.76. The summed E-state index contributed by atoms with van der Waals surface area (Å²) in [5.74, 6) is -0.134. The highest BCUT2D eigenvalue weighted by molar-refractivity contribution is 6.01. The zero-order chi connectivity index (χ0) is 16.4. The Bertz CT molecular complexity index is 560. The Kier molecular flexibility index (Phi) is 4.66. The van der Waals surface area contributed by atoms with Gasteiger partial charge in [-0.05, 0) is 44.4 Å². The van der Waals surface area contributed by atoms with Crippen molar-refractivity contribution in [2.24, 2.45) is 0 Å². The van der Waals surface area contributed by atoms with Gasteiger partial charge in [-0.15, -0.1) is 0 Å². The number of benzene rings is 1. The Labute approximate surface area is 137 Å². The molecule has 1 heterocycles. The predicted octanol–water partition coefficient (Wildman–Crippen LogP) is 2.70. The minimum absolute atomic E-state index is 0.0668. The fraction of sp³-hybridized carbons (Fsp3) is 0.556. The largest absolute Gasteiger partial charge is 0.382 e. The van der Waals surface area contributed by atoms with Gasteiger partial charge in [-0.25, -0.2) is 0 Å². The standard InChI is InChI=1S/C18H24N2O3/c1-12(2)23-16-9-15(10-16)19-14-5-3-13(4-6-14)11-20-17(21)7-8-18(20)22/h3-6,12,15-16,19H,7-11H2,1-2H3. The van der Waals surface area contributed by atoms with Gasteiger partial charge in [0.15, 0.2) is 0 Å². The van der Waals surface area contributed by atoms with E-state index in [-0.39, 0.29) is 17.9 Å². The maximum Gasteiger partial charge on any atom is 0.229 e. The average molecular weight is 316 g/mol. The van der Waals surface area contributed by atoms with E-state index in [1.165, 1.54) is 4.90 Å². The van der Waals surface area contributed by atoms with Crippen molar-refractivity contribution in [2.75, 3.05) is 5.32 Å². The first-order chi connectivity index (χ1) is 11.0. The number of imide groups is 1. The first-order valence-electron chi connectivity index (χ1n) is 8.35. The third kappa shape index (κ3) is 3.91. The summed E-state index contributed by atoms with van der Waals surface area (Å²) in [6, 6.07) is 8.43. The lowest BCUT2D eigenvalue weighted by molar-refractivity contribution is -0.139. The molecule has 2 fully saturated rings. The van der Waals surface area contributed by atoms with Gasteiger partial charge < -0.3 is 10.1 Å². The lowest BCUT2D eigenvalue weighted by atomic mass is 9.89. The number of nitrogens with one attached hydrogen (secondary N) is 1. The maximum absolute atomic E-state index is 11.6. The highest BCUT2D eigenvalue weighted by atomic mass is 16.5. The third-order valence-corrected chi connectivity index (χ3v) is 4.38. The molecule has 2 aliphatic rings. The Balaban J connectivity index is 1.48. The van der Waals surface area contributed by atoms with E-state index in [4.69, 9.17) is 4.74 Å². The summed E-state index contributed by atoms with van der Waals surface area (Å²) >= 11 is 0. The van der Waals surface area contributed by atoms with E-state index < -0.39 is 0 Å². The second-order valence-electron chi connectivity index (χ2n) is 6.69. The Hall–Kier alpha value is -1.88. The number of hydrogen-bond donors (Lipinski definition) is 1. The minimum Gasteiger partial charge on any atom is -0.382 e. The predicted molar refractivity (Wildman–Crippen MR) is 87.9 cm³/mol. The molecule has 0 aromatic heterocycles. The van der Waals surface area contributed by atoms with Gasteiger partial charge in [0, 0.05) is 24.6 Å². The zero-order valence-electron chi connectivity index (χ0n) is 13.7. The van der Waals surface area contributed by atoms with E-state index in [0.29, 0.717) is 31.5 Å². The van der Waals surface area contributed by atoms with Crippen molar-refractivity contribution in [2.45, 2.75) is 64.3 Å². The molecule has 5 nitrogen and oxygen atoms in total. The van der Waals surface area contributed by atoms with Crippen molar-refractivity contribution in [3.8, 4) is 0 Å². The summed E-state index contributed by atoms with van der Waals surface area (Å²) in [6.45, 7) is 4.51. The van der Waals surface area contributed by atoms with Crippen molar-refractivity contribution in [3.05, 3.63) is 29.8 Å². The van der Waals surface area contributed by atoms with Crippen LogP contribution >= 0.6 is 0 Å². The minimum atomic E-state index is -0.0668. The molecule has 2 amide bonds. The highest BCUT2D eigenvalue weighted by Crippen LogP contribution is 2.28. The van der Waals surface area contributed by atoms with Crippen LogP contribution in [0.15, 0.2) is 24.3 Å². The lowest BCUT2D eigenvalue weighted by Gasteiger charge is -2.37. The van der Waals surface area contributed by atoms with Gasteiger partial charge in [0.2, 0.25) is 11.8 Å². The van der Waals surface area contributed by atoms with Gasteiger partial charge in [-0.1, -0.05) is 12.1 Å². The molecule has 0 bridgehead atoms. The summed E-state index contributed by atoms with van der Waals surface area (Å²) in [5, 5.41) is 3.49. The molecular formula is C18H24N2O3. The van der Waals surface area contributed by atoms with Crippen LogP contribution in [0.5, 0.6) is 0 Å². The van der Waals surface area contributed by atoms with Crippen LogP contribution in [0.25, 0.3) is 0 Å². The van der Waals surface area contributed by atoms with Gasteiger partial charge >= 0.3 is 0 Å². The van der Waals surface area contributed by atoms with E-state index in [0.717, 1.165) is 24.1 Å². The van der Waals surface area contributed by atoms with E-state index in [1.54, 1.807) is 0 Å². The monoisotopic (exact) mass is 316 g/mol. The zero-order valence-corrected chi connectivity index (χ0v) is 13.7. The molecule has 1 aliphatic carbocycles. The molecule has 0 unspecified atom stereocenters. The molecule has 0 atom stereocenters. The number of anilines is 1. The van der Waals surface area contributed by atoms with Crippen LogP contribution in [-0.2, 0) is 20.9 Å².